The summed E-state index contributed by atoms with van der Waals surface area (Å²) < 4.78 is 2.00. The maximum absolute atomic E-state index is 11.0. The number of para-hydroxylation sites is 1. The zero-order valence-corrected chi connectivity index (χ0v) is 14.2. The molecular formula is C18H22N2O3. The van der Waals surface area contributed by atoms with Gasteiger partial charge in [0, 0.05) is 35.0 Å². The van der Waals surface area contributed by atoms with E-state index >= 15 is 0 Å². The third kappa shape index (κ3) is 3.56. The van der Waals surface area contributed by atoms with Gasteiger partial charge >= 0.3 is 0 Å². The van der Waals surface area contributed by atoms with Gasteiger partial charge < -0.3 is 9.36 Å². The van der Waals surface area contributed by atoms with Gasteiger partial charge in [-0.25, -0.2) is 0 Å². The topological polar surface area (TPSA) is 65.1 Å². The molecule has 0 saturated heterocycles. The number of aldehydes is 1. The molecule has 0 amide bonds. The smallest absolute Gasteiger partial charge is 0.274 e. The predicted molar refractivity (Wildman–Crippen MR) is 94.9 cm³/mol. The predicted octanol–water partition coefficient (Wildman–Crippen LogP) is 4.78. The van der Waals surface area contributed by atoms with Gasteiger partial charge in [-0.2, -0.15) is 0 Å². The molecule has 1 heterocycles. The summed E-state index contributed by atoms with van der Waals surface area (Å²) in [6, 6.07) is 11.6. The van der Waals surface area contributed by atoms with Gasteiger partial charge in [-0.15, -0.1) is 0 Å². The van der Waals surface area contributed by atoms with E-state index in [4.69, 9.17) is 4.79 Å². The molecule has 0 saturated carbocycles. The van der Waals surface area contributed by atoms with Crippen molar-refractivity contribution in [3.05, 3.63) is 52.1 Å². The van der Waals surface area contributed by atoms with Crippen LogP contribution in [0.5, 0.6) is 0 Å². The number of hydrogen-bond donors (Lipinski definition) is 0. The van der Waals surface area contributed by atoms with Gasteiger partial charge in [-0.3, -0.25) is 10.1 Å². The molecule has 5 heteroatoms. The largest absolute Gasteiger partial charge is 0.343 e. The number of aromatic nitrogens is 1. The second kappa shape index (κ2) is 8.08. The van der Waals surface area contributed by atoms with Crippen LogP contribution in [-0.2, 0) is 11.8 Å². The maximum atomic E-state index is 11.0. The van der Waals surface area contributed by atoms with Crippen LogP contribution in [0.3, 0.4) is 0 Å². The quantitative estimate of drug-likeness (QED) is 0.369. The molecule has 122 valence electrons. The standard InChI is InChI=1S/C14H12N2O2.C2H4O.C2H6/c1-9-7-11-10-5-3-4-6-12(10)15(2)14(11)8-13(9)16(17)18;1-2-3;1-2/h3-8H,1-2H3;2H,1H3;1-2H3. The fourth-order valence-electron chi connectivity index (χ4n) is 2.50. The number of fused-ring (bicyclic) bond motifs is 3. The molecule has 0 radical (unpaired) electrons. The molecular weight excluding hydrogens is 292 g/mol. The molecule has 5 nitrogen and oxygen atoms in total. The lowest BCUT2D eigenvalue weighted by molar-refractivity contribution is -0.385. The number of hydrogen-bond acceptors (Lipinski definition) is 3. The molecule has 0 atom stereocenters. The third-order valence-corrected chi connectivity index (χ3v) is 3.43. The molecule has 3 rings (SSSR count). The summed E-state index contributed by atoms with van der Waals surface area (Å²) in [6.45, 7) is 7.22. The fourth-order valence-corrected chi connectivity index (χ4v) is 2.50. The number of benzene rings is 2. The molecule has 23 heavy (non-hydrogen) atoms. The third-order valence-electron chi connectivity index (χ3n) is 3.43. The van der Waals surface area contributed by atoms with Crippen LogP contribution in [0.4, 0.5) is 5.69 Å². The minimum atomic E-state index is -0.327. The summed E-state index contributed by atoms with van der Waals surface area (Å²) in [7, 11) is 1.93. The van der Waals surface area contributed by atoms with E-state index in [1.165, 1.54) is 6.92 Å². The number of aryl methyl sites for hydroxylation is 2. The van der Waals surface area contributed by atoms with Crippen LogP contribution in [0.25, 0.3) is 21.8 Å². The van der Waals surface area contributed by atoms with Crippen LogP contribution in [0.2, 0.25) is 0 Å². The van der Waals surface area contributed by atoms with Gasteiger partial charge in [0.15, 0.2) is 0 Å². The maximum Gasteiger partial charge on any atom is 0.274 e. The summed E-state index contributed by atoms with van der Waals surface area (Å²) in [6.07, 6.45) is 0.750. The summed E-state index contributed by atoms with van der Waals surface area (Å²) in [5, 5.41) is 13.2. The van der Waals surface area contributed by atoms with E-state index in [-0.39, 0.29) is 10.6 Å². The van der Waals surface area contributed by atoms with Crippen molar-refractivity contribution in [1.29, 1.82) is 0 Å². The normalized spacial score (nSPS) is 9.61. The van der Waals surface area contributed by atoms with Crippen molar-refractivity contribution < 1.29 is 9.72 Å². The van der Waals surface area contributed by atoms with E-state index in [0.29, 0.717) is 5.56 Å². The SMILES string of the molecule is CC.CC=O.Cc1cc2c3ccccc3n(C)c2cc1[N+](=O)[O-]. The molecule has 0 N–H and O–H groups in total. The Morgan fingerprint density at radius 2 is 1.65 bits per heavy atom. The Kier molecular flexibility index (Phi) is 6.45. The minimum Gasteiger partial charge on any atom is -0.343 e. The van der Waals surface area contributed by atoms with Gasteiger partial charge in [-0.05, 0) is 26.0 Å². The molecule has 0 fully saturated rings. The molecule has 0 spiro atoms. The molecule has 0 aliphatic heterocycles. The average Bonchev–Trinajstić information content (AvgIpc) is 2.82. The van der Waals surface area contributed by atoms with Crippen molar-refractivity contribution in [2.24, 2.45) is 7.05 Å². The van der Waals surface area contributed by atoms with E-state index in [2.05, 4.69) is 0 Å². The van der Waals surface area contributed by atoms with Crippen LogP contribution in [0, 0.1) is 17.0 Å². The Morgan fingerprint density at radius 1 is 1.09 bits per heavy atom. The van der Waals surface area contributed by atoms with Crippen LogP contribution in [0.15, 0.2) is 36.4 Å². The number of nitro benzene ring substituents is 1. The summed E-state index contributed by atoms with van der Waals surface area (Å²) >= 11 is 0. The second-order valence-corrected chi connectivity index (χ2v) is 4.72. The van der Waals surface area contributed by atoms with Crippen LogP contribution in [0.1, 0.15) is 26.3 Å². The molecule has 0 unspecified atom stereocenters. The number of carbonyl (C=O) groups is 1. The Labute approximate surface area is 135 Å². The first-order chi connectivity index (χ1) is 11.0. The average molecular weight is 314 g/mol. The Hall–Kier alpha value is -2.69. The van der Waals surface area contributed by atoms with Crippen molar-refractivity contribution in [2.75, 3.05) is 0 Å². The van der Waals surface area contributed by atoms with Crippen molar-refractivity contribution in [3.8, 4) is 0 Å². The number of rotatable bonds is 1. The van der Waals surface area contributed by atoms with Gasteiger partial charge in [0.25, 0.3) is 5.69 Å². The highest BCUT2D eigenvalue weighted by molar-refractivity contribution is 6.08. The molecule has 1 aromatic heterocycles. The number of nitrogens with zero attached hydrogens (tertiary/aromatic N) is 2. The zero-order chi connectivity index (χ0) is 17.6. The highest BCUT2D eigenvalue weighted by Crippen LogP contribution is 2.32. The molecule has 0 aliphatic carbocycles. The molecule has 0 bridgehead atoms. The van der Waals surface area contributed by atoms with E-state index in [1.54, 1.807) is 13.0 Å². The van der Waals surface area contributed by atoms with Gasteiger partial charge in [-0.1, -0.05) is 32.0 Å². The minimum absolute atomic E-state index is 0.174. The van der Waals surface area contributed by atoms with Gasteiger partial charge in [0.1, 0.15) is 6.29 Å². The van der Waals surface area contributed by atoms with E-state index in [1.807, 2.05) is 55.8 Å². The van der Waals surface area contributed by atoms with E-state index in [0.717, 1.165) is 28.1 Å². The monoisotopic (exact) mass is 314 g/mol. The van der Waals surface area contributed by atoms with Gasteiger partial charge in [0.2, 0.25) is 0 Å². The van der Waals surface area contributed by atoms with E-state index < -0.39 is 0 Å². The fraction of sp³-hybridized carbons (Fsp3) is 0.278. The van der Waals surface area contributed by atoms with E-state index in [9.17, 15) is 10.1 Å². The molecule has 2 aromatic carbocycles. The Morgan fingerprint density at radius 3 is 2.22 bits per heavy atom. The van der Waals surface area contributed by atoms with Gasteiger partial charge in [0.05, 0.1) is 10.4 Å². The van der Waals surface area contributed by atoms with Crippen molar-refractivity contribution in [2.45, 2.75) is 27.7 Å². The van der Waals surface area contributed by atoms with Crippen LogP contribution >= 0.6 is 0 Å². The first kappa shape index (κ1) is 18.4. The van der Waals surface area contributed by atoms with Crippen molar-refractivity contribution in [1.82, 2.24) is 4.57 Å². The Balaban J connectivity index is 0.000000477. The second-order valence-electron chi connectivity index (χ2n) is 4.72. The van der Waals surface area contributed by atoms with Crippen molar-refractivity contribution in [3.63, 3.8) is 0 Å². The van der Waals surface area contributed by atoms with Crippen LogP contribution < -0.4 is 0 Å². The number of carbonyl (C=O) groups excluding carboxylic acids is 1. The zero-order valence-electron chi connectivity index (χ0n) is 14.2. The summed E-state index contributed by atoms with van der Waals surface area (Å²) in [5.41, 5.74) is 2.86. The summed E-state index contributed by atoms with van der Waals surface area (Å²) in [4.78, 5) is 19.5. The number of nitro groups is 1. The highest BCUT2D eigenvalue weighted by atomic mass is 16.6. The molecule has 0 aliphatic rings. The first-order valence-corrected chi connectivity index (χ1v) is 7.53. The highest BCUT2D eigenvalue weighted by Gasteiger charge is 2.15. The van der Waals surface area contributed by atoms with Crippen molar-refractivity contribution >= 4 is 33.8 Å². The lowest BCUT2D eigenvalue weighted by atomic mass is 10.1. The summed E-state index contributed by atoms with van der Waals surface area (Å²) in [5.74, 6) is 0. The lowest BCUT2D eigenvalue weighted by Gasteiger charge is -2.00. The van der Waals surface area contributed by atoms with Crippen LogP contribution in [-0.4, -0.2) is 15.8 Å². The first-order valence-electron chi connectivity index (χ1n) is 7.53. The lowest BCUT2D eigenvalue weighted by Crippen LogP contribution is -1.93. The molecule has 3 aromatic rings. The Bertz CT molecular complexity index is 835.